The number of aromatic nitrogens is 2. The van der Waals surface area contributed by atoms with E-state index < -0.39 is 0 Å². The molecule has 2 heterocycles. The van der Waals surface area contributed by atoms with Crippen LogP contribution in [0.25, 0.3) is 0 Å². The van der Waals surface area contributed by atoms with Crippen molar-refractivity contribution < 1.29 is 9.47 Å². The Morgan fingerprint density at radius 1 is 1.42 bits per heavy atom. The van der Waals surface area contributed by atoms with E-state index in [4.69, 9.17) is 9.47 Å². The van der Waals surface area contributed by atoms with E-state index in [1.54, 1.807) is 0 Å². The molecule has 5 nitrogen and oxygen atoms in total. The van der Waals surface area contributed by atoms with Crippen LogP contribution in [0.5, 0.6) is 5.88 Å². The lowest BCUT2D eigenvalue weighted by Crippen LogP contribution is -2.26. The maximum absolute atomic E-state index is 5.86. The summed E-state index contributed by atoms with van der Waals surface area (Å²) in [7, 11) is 1.86. The van der Waals surface area contributed by atoms with Crippen molar-refractivity contribution in [2.45, 2.75) is 45.1 Å². The minimum Gasteiger partial charge on any atom is -0.475 e. The standard InChI is InChI=1S/C14H23N3O2/c1-10(2)12-13(15-3)16-9-17-14(12)19-8-11-6-4-5-7-18-11/h9-11H,4-8H2,1-3H3,(H,15,16,17). The van der Waals surface area contributed by atoms with Crippen LogP contribution in [0, 0.1) is 0 Å². The molecular formula is C14H23N3O2. The lowest BCUT2D eigenvalue weighted by molar-refractivity contribution is -0.0121. The highest BCUT2D eigenvalue weighted by atomic mass is 16.5. The Morgan fingerprint density at radius 2 is 2.26 bits per heavy atom. The normalized spacial score (nSPS) is 19.5. The van der Waals surface area contributed by atoms with Gasteiger partial charge >= 0.3 is 0 Å². The quantitative estimate of drug-likeness (QED) is 0.886. The highest BCUT2D eigenvalue weighted by Gasteiger charge is 2.19. The first kappa shape index (κ1) is 14.1. The van der Waals surface area contributed by atoms with E-state index in [1.165, 1.54) is 12.7 Å². The highest BCUT2D eigenvalue weighted by molar-refractivity contribution is 5.50. The first-order valence-electron chi connectivity index (χ1n) is 6.99. The van der Waals surface area contributed by atoms with Crippen LogP contribution in [0.1, 0.15) is 44.6 Å². The first-order valence-corrected chi connectivity index (χ1v) is 6.99. The van der Waals surface area contributed by atoms with Crippen LogP contribution in [0.3, 0.4) is 0 Å². The van der Waals surface area contributed by atoms with Crippen LogP contribution in [0.2, 0.25) is 0 Å². The number of nitrogens with one attached hydrogen (secondary N) is 1. The van der Waals surface area contributed by atoms with Crippen LogP contribution < -0.4 is 10.1 Å². The molecule has 1 N–H and O–H groups in total. The van der Waals surface area contributed by atoms with Gasteiger partial charge in [-0.05, 0) is 25.2 Å². The van der Waals surface area contributed by atoms with Gasteiger partial charge in [0.1, 0.15) is 18.8 Å². The average Bonchev–Trinajstić information content (AvgIpc) is 2.45. The summed E-state index contributed by atoms with van der Waals surface area (Å²) >= 11 is 0. The van der Waals surface area contributed by atoms with Crippen molar-refractivity contribution in [2.75, 3.05) is 25.6 Å². The predicted molar refractivity (Wildman–Crippen MR) is 74.8 cm³/mol. The summed E-state index contributed by atoms with van der Waals surface area (Å²) < 4.78 is 11.5. The Balaban J connectivity index is 2.06. The SMILES string of the molecule is CNc1ncnc(OCC2CCCCO2)c1C(C)C. The molecular weight excluding hydrogens is 242 g/mol. The van der Waals surface area contributed by atoms with E-state index in [1.807, 2.05) is 7.05 Å². The van der Waals surface area contributed by atoms with E-state index in [9.17, 15) is 0 Å². The lowest BCUT2D eigenvalue weighted by atomic mass is 10.1. The zero-order chi connectivity index (χ0) is 13.7. The number of nitrogens with zero attached hydrogens (tertiary/aromatic N) is 2. The van der Waals surface area contributed by atoms with Crippen LogP contribution in [0.15, 0.2) is 6.33 Å². The molecule has 0 spiro atoms. The van der Waals surface area contributed by atoms with E-state index in [-0.39, 0.29) is 6.10 Å². The second-order valence-corrected chi connectivity index (χ2v) is 5.15. The van der Waals surface area contributed by atoms with Gasteiger partial charge in [0, 0.05) is 13.7 Å². The molecule has 1 aromatic rings. The molecule has 0 aliphatic carbocycles. The summed E-state index contributed by atoms with van der Waals surface area (Å²) in [6.45, 7) is 5.64. The summed E-state index contributed by atoms with van der Waals surface area (Å²) in [5, 5.41) is 3.09. The van der Waals surface area contributed by atoms with Crippen molar-refractivity contribution >= 4 is 5.82 Å². The molecule has 5 heteroatoms. The molecule has 0 amide bonds. The lowest BCUT2D eigenvalue weighted by Gasteiger charge is -2.23. The highest BCUT2D eigenvalue weighted by Crippen LogP contribution is 2.30. The number of hydrogen-bond acceptors (Lipinski definition) is 5. The molecule has 1 unspecified atom stereocenters. The fourth-order valence-corrected chi connectivity index (χ4v) is 2.32. The van der Waals surface area contributed by atoms with Crippen LogP contribution in [0.4, 0.5) is 5.82 Å². The number of anilines is 1. The number of rotatable bonds is 5. The third-order valence-electron chi connectivity index (χ3n) is 3.34. The molecule has 1 aliphatic heterocycles. The Labute approximate surface area is 114 Å². The molecule has 0 aromatic carbocycles. The summed E-state index contributed by atoms with van der Waals surface area (Å²) in [6, 6.07) is 0. The predicted octanol–water partition coefficient (Wildman–Crippen LogP) is 2.59. The van der Waals surface area contributed by atoms with E-state index in [2.05, 4.69) is 29.1 Å². The molecule has 1 aliphatic rings. The Morgan fingerprint density at radius 3 is 2.89 bits per heavy atom. The zero-order valence-corrected chi connectivity index (χ0v) is 12.0. The maximum Gasteiger partial charge on any atom is 0.222 e. The van der Waals surface area contributed by atoms with E-state index >= 15 is 0 Å². The summed E-state index contributed by atoms with van der Waals surface area (Å²) in [6.07, 6.45) is 5.18. The van der Waals surface area contributed by atoms with Gasteiger partial charge in [-0.25, -0.2) is 9.97 Å². The average molecular weight is 265 g/mol. The van der Waals surface area contributed by atoms with Gasteiger partial charge in [0.05, 0.1) is 11.7 Å². The van der Waals surface area contributed by atoms with E-state index in [0.29, 0.717) is 18.4 Å². The smallest absolute Gasteiger partial charge is 0.222 e. The molecule has 1 atom stereocenters. The van der Waals surface area contributed by atoms with Crippen molar-refractivity contribution in [3.05, 3.63) is 11.9 Å². The van der Waals surface area contributed by atoms with Gasteiger partial charge in [-0.3, -0.25) is 0 Å². The molecule has 1 saturated heterocycles. The topological polar surface area (TPSA) is 56.3 Å². The first-order chi connectivity index (χ1) is 9.22. The zero-order valence-electron chi connectivity index (χ0n) is 12.0. The third kappa shape index (κ3) is 3.56. The number of ether oxygens (including phenoxy) is 2. The Bertz CT molecular complexity index is 404. The fourth-order valence-electron chi connectivity index (χ4n) is 2.32. The summed E-state index contributed by atoms with van der Waals surface area (Å²) in [5.74, 6) is 1.82. The maximum atomic E-state index is 5.86. The minimum absolute atomic E-state index is 0.196. The fraction of sp³-hybridized carbons (Fsp3) is 0.714. The molecule has 0 radical (unpaired) electrons. The largest absolute Gasteiger partial charge is 0.475 e. The Kier molecular flexibility index (Phi) is 4.96. The second-order valence-electron chi connectivity index (χ2n) is 5.15. The van der Waals surface area contributed by atoms with Crippen LogP contribution in [-0.4, -0.2) is 36.3 Å². The third-order valence-corrected chi connectivity index (χ3v) is 3.34. The van der Waals surface area contributed by atoms with Crippen molar-refractivity contribution in [1.82, 2.24) is 9.97 Å². The minimum atomic E-state index is 0.196. The summed E-state index contributed by atoms with van der Waals surface area (Å²) in [4.78, 5) is 8.50. The molecule has 0 bridgehead atoms. The monoisotopic (exact) mass is 265 g/mol. The summed E-state index contributed by atoms with van der Waals surface area (Å²) in [5.41, 5.74) is 1.03. The molecule has 2 rings (SSSR count). The second kappa shape index (κ2) is 6.70. The van der Waals surface area contributed by atoms with Crippen molar-refractivity contribution in [2.24, 2.45) is 0 Å². The van der Waals surface area contributed by atoms with Crippen molar-refractivity contribution in [3.8, 4) is 5.88 Å². The Hall–Kier alpha value is -1.36. The number of hydrogen-bond donors (Lipinski definition) is 1. The van der Waals surface area contributed by atoms with Gasteiger partial charge in [-0.2, -0.15) is 0 Å². The van der Waals surface area contributed by atoms with Gasteiger partial charge in [-0.1, -0.05) is 13.8 Å². The van der Waals surface area contributed by atoms with Gasteiger partial charge in [-0.15, -0.1) is 0 Å². The molecule has 19 heavy (non-hydrogen) atoms. The molecule has 106 valence electrons. The van der Waals surface area contributed by atoms with Crippen molar-refractivity contribution in [3.63, 3.8) is 0 Å². The molecule has 0 saturated carbocycles. The van der Waals surface area contributed by atoms with E-state index in [0.717, 1.165) is 30.8 Å². The van der Waals surface area contributed by atoms with Gasteiger partial charge in [0.2, 0.25) is 5.88 Å². The molecule has 1 fully saturated rings. The molecule has 1 aromatic heterocycles. The van der Waals surface area contributed by atoms with Gasteiger partial charge in [0.25, 0.3) is 0 Å². The van der Waals surface area contributed by atoms with Crippen molar-refractivity contribution in [1.29, 1.82) is 0 Å². The van der Waals surface area contributed by atoms with Crippen LogP contribution >= 0.6 is 0 Å². The van der Waals surface area contributed by atoms with Gasteiger partial charge < -0.3 is 14.8 Å². The van der Waals surface area contributed by atoms with Crippen LogP contribution in [-0.2, 0) is 4.74 Å². The van der Waals surface area contributed by atoms with Gasteiger partial charge in [0.15, 0.2) is 0 Å².